The van der Waals surface area contributed by atoms with E-state index in [1.54, 1.807) is 0 Å². The van der Waals surface area contributed by atoms with Gasteiger partial charge in [-0.2, -0.15) is 0 Å². The number of aromatic nitrogens is 1. The monoisotopic (exact) mass is 317 g/mol. The average molecular weight is 317 g/mol. The van der Waals surface area contributed by atoms with E-state index in [0.29, 0.717) is 6.54 Å². The molecule has 0 bridgehead atoms. The standard InChI is InChI=1S/C18H31N5/c1-19-18(22-15-16-9-6-7-12-20-16)21-13-8-14-23(2)17-10-4-3-5-11-17/h6-7,9,12,17H,3-5,8,10-11,13-15H2,1-2H3,(H2,19,21,22). The molecule has 0 amide bonds. The Bertz CT molecular complexity index is 454. The van der Waals surface area contributed by atoms with Crippen molar-refractivity contribution in [2.24, 2.45) is 4.99 Å². The summed E-state index contributed by atoms with van der Waals surface area (Å²) in [6, 6.07) is 6.74. The lowest BCUT2D eigenvalue weighted by atomic mass is 9.94. The van der Waals surface area contributed by atoms with Gasteiger partial charge in [0, 0.05) is 25.8 Å². The maximum Gasteiger partial charge on any atom is 0.191 e. The molecule has 0 aromatic carbocycles. The van der Waals surface area contributed by atoms with E-state index in [9.17, 15) is 0 Å². The van der Waals surface area contributed by atoms with Crippen molar-refractivity contribution in [3.05, 3.63) is 30.1 Å². The average Bonchev–Trinajstić information content (AvgIpc) is 2.62. The van der Waals surface area contributed by atoms with Gasteiger partial charge in [0.1, 0.15) is 0 Å². The van der Waals surface area contributed by atoms with E-state index in [1.807, 2.05) is 31.4 Å². The molecule has 0 atom stereocenters. The first-order chi connectivity index (χ1) is 11.3. The normalized spacial score (nSPS) is 16.6. The minimum Gasteiger partial charge on any atom is -0.356 e. The molecule has 1 aromatic heterocycles. The number of nitrogens with one attached hydrogen (secondary N) is 2. The molecule has 0 aliphatic heterocycles. The van der Waals surface area contributed by atoms with E-state index in [4.69, 9.17) is 0 Å². The second-order valence-corrected chi connectivity index (χ2v) is 6.30. The molecule has 2 N–H and O–H groups in total. The number of rotatable bonds is 7. The fourth-order valence-electron chi connectivity index (χ4n) is 3.14. The molecule has 1 aliphatic rings. The molecule has 0 spiro atoms. The summed E-state index contributed by atoms with van der Waals surface area (Å²) < 4.78 is 0. The quantitative estimate of drug-likeness (QED) is 0.461. The number of pyridine rings is 1. The molecule has 2 rings (SSSR count). The van der Waals surface area contributed by atoms with Crippen LogP contribution >= 0.6 is 0 Å². The smallest absolute Gasteiger partial charge is 0.191 e. The molecular formula is C18H31N5. The number of nitrogens with zero attached hydrogens (tertiary/aromatic N) is 3. The van der Waals surface area contributed by atoms with Crippen molar-refractivity contribution in [2.45, 2.75) is 51.1 Å². The molecule has 1 heterocycles. The van der Waals surface area contributed by atoms with Crippen LogP contribution in [-0.4, -0.2) is 49.1 Å². The van der Waals surface area contributed by atoms with Gasteiger partial charge in [0.2, 0.25) is 0 Å². The van der Waals surface area contributed by atoms with Crippen LogP contribution in [0.5, 0.6) is 0 Å². The Morgan fingerprint density at radius 2 is 2.09 bits per heavy atom. The highest BCUT2D eigenvalue weighted by molar-refractivity contribution is 5.79. The first-order valence-electron chi connectivity index (χ1n) is 8.84. The molecule has 5 heteroatoms. The number of hydrogen-bond acceptors (Lipinski definition) is 3. The summed E-state index contributed by atoms with van der Waals surface area (Å²) in [5.41, 5.74) is 1.02. The lowest BCUT2D eigenvalue weighted by molar-refractivity contribution is 0.190. The van der Waals surface area contributed by atoms with E-state index in [0.717, 1.165) is 37.2 Å². The van der Waals surface area contributed by atoms with E-state index in [1.165, 1.54) is 32.1 Å². The topological polar surface area (TPSA) is 52.6 Å². The van der Waals surface area contributed by atoms with Crippen LogP contribution < -0.4 is 10.6 Å². The third-order valence-electron chi connectivity index (χ3n) is 4.56. The fourth-order valence-corrected chi connectivity index (χ4v) is 3.14. The van der Waals surface area contributed by atoms with Gasteiger partial charge in [0.15, 0.2) is 5.96 Å². The highest BCUT2D eigenvalue weighted by Crippen LogP contribution is 2.21. The summed E-state index contributed by atoms with van der Waals surface area (Å²) in [6.07, 6.45) is 9.92. The molecule has 1 saturated carbocycles. The van der Waals surface area contributed by atoms with Gasteiger partial charge in [-0.3, -0.25) is 9.98 Å². The first-order valence-corrected chi connectivity index (χ1v) is 8.84. The Hall–Kier alpha value is -1.62. The van der Waals surface area contributed by atoms with Gasteiger partial charge in [-0.15, -0.1) is 0 Å². The third kappa shape index (κ3) is 6.57. The van der Waals surface area contributed by atoms with Gasteiger partial charge in [0.25, 0.3) is 0 Å². The highest BCUT2D eigenvalue weighted by atomic mass is 15.2. The van der Waals surface area contributed by atoms with Crippen molar-refractivity contribution >= 4 is 5.96 Å². The summed E-state index contributed by atoms with van der Waals surface area (Å²) >= 11 is 0. The Balaban J connectivity index is 1.60. The van der Waals surface area contributed by atoms with Crippen LogP contribution in [0.3, 0.4) is 0 Å². The zero-order chi connectivity index (χ0) is 16.3. The molecule has 23 heavy (non-hydrogen) atoms. The van der Waals surface area contributed by atoms with Crippen LogP contribution in [0.15, 0.2) is 29.4 Å². The minimum atomic E-state index is 0.697. The number of aliphatic imine (C=N–C) groups is 1. The van der Waals surface area contributed by atoms with Crippen molar-refractivity contribution < 1.29 is 0 Å². The molecule has 1 fully saturated rings. The second kappa shape index (κ2) is 10.2. The Labute approximate surface area is 140 Å². The second-order valence-electron chi connectivity index (χ2n) is 6.30. The number of hydrogen-bond donors (Lipinski definition) is 2. The highest BCUT2D eigenvalue weighted by Gasteiger charge is 2.17. The summed E-state index contributed by atoms with van der Waals surface area (Å²) in [5, 5.41) is 6.68. The van der Waals surface area contributed by atoms with Gasteiger partial charge >= 0.3 is 0 Å². The van der Waals surface area contributed by atoms with Gasteiger partial charge in [-0.1, -0.05) is 25.3 Å². The first kappa shape index (κ1) is 17.7. The Kier molecular flexibility index (Phi) is 7.87. The van der Waals surface area contributed by atoms with Crippen LogP contribution in [0.25, 0.3) is 0 Å². The largest absolute Gasteiger partial charge is 0.356 e. The van der Waals surface area contributed by atoms with Crippen LogP contribution in [0.2, 0.25) is 0 Å². The summed E-state index contributed by atoms with van der Waals surface area (Å²) in [4.78, 5) is 11.1. The van der Waals surface area contributed by atoms with Gasteiger partial charge in [-0.05, 0) is 45.0 Å². The lowest BCUT2D eigenvalue weighted by Crippen LogP contribution is -2.39. The zero-order valence-electron chi connectivity index (χ0n) is 14.6. The predicted octanol–water partition coefficient (Wildman–Crippen LogP) is 2.40. The van der Waals surface area contributed by atoms with Gasteiger partial charge in [0.05, 0.1) is 12.2 Å². The lowest BCUT2D eigenvalue weighted by Gasteiger charge is -2.31. The summed E-state index contributed by atoms with van der Waals surface area (Å²) in [5.74, 6) is 0.843. The molecule has 0 saturated heterocycles. The van der Waals surface area contributed by atoms with E-state index < -0.39 is 0 Å². The van der Waals surface area contributed by atoms with Crippen LogP contribution in [0.1, 0.15) is 44.2 Å². The van der Waals surface area contributed by atoms with E-state index in [-0.39, 0.29) is 0 Å². The molecule has 5 nitrogen and oxygen atoms in total. The predicted molar refractivity (Wildman–Crippen MR) is 96.6 cm³/mol. The van der Waals surface area contributed by atoms with Crippen molar-refractivity contribution in [3.63, 3.8) is 0 Å². The Morgan fingerprint density at radius 1 is 1.26 bits per heavy atom. The SMILES string of the molecule is CN=C(NCCCN(C)C1CCCCC1)NCc1ccccn1. The zero-order valence-corrected chi connectivity index (χ0v) is 14.6. The molecule has 0 unspecified atom stereocenters. The summed E-state index contributed by atoms with van der Waals surface area (Å²) in [7, 11) is 4.08. The number of guanidine groups is 1. The molecule has 1 aliphatic carbocycles. The van der Waals surface area contributed by atoms with Crippen LogP contribution in [0, 0.1) is 0 Å². The van der Waals surface area contributed by atoms with Gasteiger partial charge in [-0.25, -0.2) is 0 Å². The Morgan fingerprint density at radius 3 is 2.78 bits per heavy atom. The molecule has 0 radical (unpaired) electrons. The van der Waals surface area contributed by atoms with E-state index in [2.05, 4.69) is 32.6 Å². The van der Waals surface area contributed by atoms with E-state index >= 15 is 0 Å². The fraction of sp³-hybridized carbons (Fsp3) is 0.667. The maximum absolute atomic E-state index is 4.30. The van der Waals surface area contributed by atoms with Crippen molar-refractivity contribution in [1.29, 1.82) is 0 Å². The maximum atomic E-state index is 4.30. The molecular weight excluding hydrogens is 286 g/mol. The minimum absolute atomic E-state index is 0.697. The van der Waals surface area contributed by atoms with Crippen molar-refractivity contribution in [2.75, 3.05) is 27.2 Å². The van der Waals surface area contributed by atoms with Crippen LogP contribution in [0.4, 0.5) is 0 Å². The molecule has 128 valence electrons. The van der Waals surface area contributed by atoms with Crippen molar-refractivity contribution in [3.8, 4) is 0 Å². The summed E-state index contributed by atoms with van der Waals surface area (Å²) in [6.45, 7) is 2.79. The van der Waals surface area contributed by atoms with Crippen molar-refractivity contribution in [1.82, 2.24) is 20.5 Å². The third-order valence-corrected chi connectivity index (χ3v) is 4.56. The molecule has 1 aromatic rings. The van der Waals surface area contributed by atoms with Crippen LogP contribution in [-0.2, 0) is 6.54 Å². The van der Waals surface area contributed by atoms with Gasteiger partial charge < -0.3 is 15.5 Å².